The van der Waals surface area contributed by atoms with Gasteiger partial charge in [-0.2, -0.15) is 0 Å². The molecule has 1 unspecified atom stereocenters. The van der Waals surface area contributed by atoms with Gasteiger partial charge in [0.05, 0.1) is 12.1 Å². The molecule has 2 aromatic carbocycles. The van der Waals surface area contributed by atoms with E-state index in [2.05, 4.69) is 4.98 Å². The van der Waals surface area contributed by atoms with Crippen molar-refractivity contribution in [2.24, 2.45) is 0 Å². The second kappa shape index (κ2) is 5.98. The maximum absolute atomic E-state index is 12.4. The van der Waals surface area contributed by atoms with Crippen molar-refractivity contribution in [1.82, 2.24) is 4.98 Å². The number of fused-ring (bicyclic) bond motifs is 1. The molecule has 1 atom stereocenters. The Bertz CT molecular complexity index is 932. The number of ether oxygens (including phenoxy) is 2. The van der Waals surface area contributed by atoms with Crippen molar-refractivity contribution in [2.75, 3.05) is 13.2 Å². The Morgan fingerprint density at radius 1 is 1.17 bits per heavy atom. The highest BCUT2D eigenvalue weighted by Crippen LogP contribution is 2.27. The molecule has 24 heavy (non-hydrogen) atoms. The predicted octanol–water partition coefficient (Wildman–Crippen LogP) is 2.84. The Hall–Kier alpha value is -2.86. The van der Waals surface area contributed by atoms with Crippen LogP contribution in [0.3, 0.4) is 0 Å². The summed E-state index contributed by atoms with van der Waals surface area (Å²) in [6.07, 6.45) is 1.01. The topological polar surface area (TPSA) is 81.5 Å². The Morgan fingerprint density at radius 2 is 2.00 bits per heavy atom. The van der Waals surface area contributed by atoms with E-state index in [1.54, 1.807) is 30.3 Å². The molecule has 0 aliphatic carbocycles. The van der Waals surface area contributed by atoms with E-state index < -0.39 is 11.7 Å². The smallest absolute Gasteiger partial charge is 0.417 e. The van der Waals surface area contributed by atoms with Gasteiger partial charge in [-0.1, -0.05) is 18.2 Å². The molecule has 0 amide bonds. The number of rotatable bonds is 3. The molecule has 1 N–H and O–H groups in total. The van der Waals surface area contributed by atoms with Gasteiger partial charge in [-0.25, -0.2) is 9.59 Å². The van der Waals surface area contributed by atoms with E-state index >= 15 is 0 Å². The third-order valence-corrected chi connectivity index (χ3v) is 4.16. The monoisotopic (exact) mass is 325 g/mol. The average Bonchev–Trinajstić information content (AvgIpc) is 3.23. The summed E-state index contributed by atoms with van der Waals surface area (Å²) in [5, 5.41) is 0. The second-order valence-corrected chi connectivity index (χ2v) is 5.72. The van der Waals surface area contributed by atoms with Gasteiger partial charge in [0.2, 0.25) is 0 Å². The zero-order valence-corrected chi connectivity index (χ0v) is 12.8. The van der Waals surface area contributed by atoms with E-state index in [4.69, 9.17) is 13.9 Å². The summed E-state index contributed by atoms with van der Waals surface area (Å²) < 4.78 is 15.8. The number of carbonyl (C=O) groups is 1. The first-order valence-corrected chi connectivity index (χ1v) is 7.72. The number of carbonyl (C=O) groups excluding carboxylic acids is 1. The highest BCUT2D eigenvalue weighted by atomic mass is 16.5. The molecule has 4 rings (SSSR count). The lowest BCUT2D eigenvalue weighted by Gasteiger charge is -2.09. The van der Waals surface area contributed by atoms with E-state index in [0.29, 0.717) is 17.2 Å². The van der Waals surface area contributed by atoms with Crippen molar-refractivity contribution in [3.8, 4) is 5.75 Å². The lowest BCUT2D eigenvalue weighted by molar-refractivity contribution is 0.0735. The number of H-pyrrole nitrogens is 1. The first-order chi connectivity index (χ1) is 11.7. The predicted molar refractivity (Wildman–Crippen MR) is 86.4 cm³/mol. The minimum Gasteiger partial charge on any atom is -0.423 e. The quantitative estimate of drug-likeness (QED) is 0.591. The summed E-state index contributed by atoms with van der Waals surface area (Å²) >= 11 is 0. The van der Waals surface area contributed by atoms with Crippen molar-refractivity contribution in [3.05, 3.63) is 64.1 Å². The molecular formula is C18H15NO5. The largest absolute Gasteiger partial charge is 0.423 e. The normalized spacial score (nSPS) is 17.2. The van der Waals surface area contributed by atoms with E-state index in [-0.39, 0.29) is 11.1 Å². The molecule has 6 heteroatoms. The third-order valence-electron chi connectivity index (χ3n) is 4.16. The third kappa shape index (κ3) is 2.72. The van der Waals surface area contributed by atoms with Crippen LogP contribution in [0.25, 0.3) is 11.1 Å². The molecule has 0 saturated carbocycles. The molecule has 1 fully saturated rings. The number of hydrogen-bond acceptors (Lipinski definition) is 5. The fourth-order valence-corrected chi connectivity index (χ4v) is 2.90. The molecule has 1 aliphatic rings. The first kappa shape index (κ1) is 14.7. The van der Waals surface area contributed by atoms with Crippen molar-refractivity contribution in [3.63, 3.8) is 0 Å². The summed E-state index contributed by atoms with van der Waals surface area (Å²) in [5.41, 5.74) is 2.04. The van der Waals surface area contributed by atoms with Crippen LogP contribution in [-0.2, 0) is 4.74 Å². The van der Waals surface area contributed by atoms with Crippen molar-refractivity contribution >= 4 is 17.1 Å². The van der Waals surface area contributed by atoms with E-state index in [1.807, 2.05) is 12.1 Å². The zero-order valence-electron chi connectivity index (χ0n) is 12.8. The number of esters is 1. The zero-order chi connectivity index (χ0) is 16.5. The average molecular weight is 325 g/mol. The summed E-state index contributed by atoms with van der Waals surface area (Å²) in [5.74, 6) is -0.330. The van der Waals surface area contributed by atoms with Crippen LogP contribution in [0.2, 0.25) is 0 Å². The molecule has 6 nitrogen and oxygen atoms in total. The van der Waals surface area contributed by atoms with Gasteiger partial charge in [0.25, 0.3) is 0 Å². The number of aromatic amines is 1. The molecule has 1 aliphatic heterocycles. The molecule has 0 radical (unpaired) electrons. The molecule has 1 saturated heterocycles. The molecule has 3 aromatic rings. The highest BCUT2D eigenvalue weighted by molar-refractivity contribution is 6.01. The lowest BCUT2D eigenvalue weighted by atomic mass is 9.99. The number of benzene rings is 2. The minimum absolute atomic E-state index is 0.201. The maximum Gasteiger partial charge on any atom is 0.417 e. The van der Waals surface area contributed by atoms with Crippen molar-refractivity contribution < 1.29 is 18.7 Å². The van der Waals surface area contributed by atoms with Crippen LogP contribution in [0.15, 0.2) is 51.7 Å². The van der Waals surface area contributed by atoms with E-state index in [0.717, 1.165) is 19.6 Å². The highest BCUT2D eigenvalue weighted by Gasteiger charge is 2.19. The van der Waals surface area contributed by atoms with Gasteiger partial charge in [-0.15, -0.1) is 0 Å². The summed E-state index contributed by atoms with van der Waals surface area (Å²) in [6.45, 7) is 1.51. The number of nitrogens with one attached hydrogen (secondary N) is 1. The lowest BCUT2D eigenvalue weighted by Crippen LogP contribution is -2.09. The minimum atomic E-state index is -0.603. The van der Waals surface area contributed by atoms with Crippen molar-refractivity contribution in [2.45, 2.75) is 12.3 Å². The van der Waals surface area contributed by atoms with Gasteiger partial charge in [-0.3, -0.25) is 4.98 Å². The Morgan fingerprint density at radius 3 is 2.75 bits per heavy atom. The number of oxazole rings is 1. The van der Waals surface area contributed by atoms with E-state index in [1.165, 1.54) is 5.56 Å². The van der Waals surface area contributed by atoms with E-state index in [9.17, 15) is 9.59 Å². The Labute approximate surface area is 137 Å². The summed E-state index contributed by atoms with van der Waals surface area (Å²) in [6, 6.07) is 12.3. The van der Waals surface area contributed by atoms with Crippen LogP contribution in [0, 0.1) is 0 Å². The Kier molecular flexibility index (Phi) is 3.66. The van der Waals surface area contributed by atoms with Gasteiger partial charge < -0.3 is 13.9 Å². The number of para-hydroxylation sites is 1. The van der Waals surface area contributed by atoms with Crippen LogP contribution >= 0.6 is 0 Å². The standard InChI is InChI=1S/C18H15NO5/c20-17(14-2-1-3-15-16(14)24-18(21)19-15)23-13-6-4-11(5-7-13)12-8-9-22-10-12/h1-7,12H,8-10H2,(H,19,21). The van der Waals surface area contributed by atoms with Gasteiger partial charge >= 0.3 is 11.7 Å². The molecule has 0 bridgehead atoms. The fraction of sp³-hybridized carbons (Fsp3) is 0.222. The summed E-state index contributed by atoms with van der Waals surface area (Å²) in [7, 11) is 0. The molecule has 0 spiro atoms. The Balaban J connectivity index is 1.55. The van der Waals surface area contributed by atoms with Crippen LogP contribution in [0.1, 0.15) is 28.3 Å². The van der Waals surface area contributed by atoms with Gasteiger partial charge in [0.1, 0.15) is 11.3 Å². The SMILES string of the molecule is O=C(Oc1ccc(C2CCOC2)cc1)c1cccc2[nH]c(=O)oc12. The molecule has 122 valence electrons. The first-order valence-electron chi connectivity index (χ1n) is 7.72. The second-order valence-electron chi connectivity index (χ2n) is 5.72. The molecule has 2 heterocycles. The van der Waals surface area contributed by atoms with Crippen molar-refractivity contribution in [1.29, 1.82) is 0 Å². The molecular weight excluding hydrogens is 310 g/mol. The molecule has 1 aromatic heterocycles. The van der Waals surface area contributed by atoms with Crippen LogP contribution < -0.4 is 10.5 Å². The fourth-order valence-electron chi connectivity index (χ4n) is 2.90. The van der Waals surface area contributed by atoms with Gasteiger partial charge in [0, 0.05) is 12.5 Å². The van der Waals surface area contributed by atoms with Gasteiger partial charge in [-0.05, 0) is 36.2 Å². The van der Waals surface area contributed by atoms with Crippen LogP contribution in [0.5, 0.6) is 5.75 Å². The maximum atomic E-state index is 12.4. The van der Waals surface area contributed by atoms with Gasteiger partial charge in [0.15, 0.2) is 5.58 Å². The number of hydrogen-bond donors (Lipinski definition) is 1. The van der Waals surface area contributed by atoms with Crippen LogP contribution in [-0.4, -0.2) is 24.2 Å². The summed E-state index contributed by atoms with van der Waals surface area (Å²) in [4.78, 5) is 26.2. The van der Waals surface area contributed by atoms with Crippen LogP contribution in [0.4, 0.5) is 0 Å². The number of aromatic nitrogens is 1.